The number of imidazole rings is 1. The molecule has 0 spiro atoms. The molecule has 29 heavy (non-hydrogen) atoms. The van der Waals surface area contributed by atoms with Crippen molar-refractivity contribution < 1.29 is 46.4 Å². The van der Waals surface area contributed by atoms with Gasteiger partial charge in [-0.25, -0.2) is 14.1 Å². The van der Waals surface area contributed by atoms with Crippen molar-refractivity contribution >= 4 is 50.6 Å². The van der Waals surface area contributed by atoms with Crippen LogP contribution in [0.5, 0.6) is 0 Å². The molecule has 2 atom stereocenters. The Morgan fingerprint density at radius 3 is 2.14 bits per heavy atom. The average Bonchev–Trinajstić information content (AvgIpc) is 2.84. The van der Waals surface area contributed by atoms with Crippen LogP contribution >= 0.6 is 39.4 Å². The molecule has 0 aliphatic carbocycles. The van der Waals surface area contributed by atoms with Gasteiger partial charge in [-0.15, -0.1) is 0 Å². The summed E-state index contributed by atoms with van der Waals surface area (Å²) in [5, 5.41) is 0. The summed E-state index contributed by atoms with van der Waals surface area (Å²) in [7, 11) is -15.3. The lowest BCUT2D eigenvalue weighted by Crippen LogP contribution is -2.37. The molecule has 0 radical (unpaired) electrons. The third kappa shape index (κ3) is 5.81. The molecule has 0 saturated heterocycles. The van der Waals surface area contributed by atoms with Crippen LogP contribution in [0.25, 0.3) is 11.2 Å². The number of fused-ring (bicyclic) bond motifs is 1. The minimum Gasteiger partial charge on any atom is -0.790 e. The molecule has 164 valence electrons. The third-order valence-corrected chi connectivity index (χ3v) is 7.57. The highest BCUT2D eigenvalue weighted by atomic mass is 79.9. The van der Waals surface area contributed by atoms with Gasteiger partial charge in [0.1, 0.15) is 0 Å². The van der Waals surface area contributed by atoms with E-state index in [2.05, 4.69) is 34.1 Å². The van der Waals surface area contributed by atoms with Crippen molar-refractivity contribution in [3.63, 3.8) is 0 Å². The van der Waals surface area contributed by atoms with Gasteiger partial charge in [-0.05, 0) is 15.9 Å². The molecule has 0 amide bonds. The lowest BCUT2D eigenvalue weighted by Gasteiger charge is -2.37. The minimum atomic E-state index is -6.09. The predicted octanol–water partition coefficient (Wildman–Crippen LogP) is -2.99. The van der Waals surface area contributed by atoms with Crippen molar-refractivity contribution in [2.24, 2.45) is 14.1 Å². The second-order valence-electron chi connectivity index (χ2n) is 5.25. The minimum absolute atomic E-state index is 0.0209. The molecule has 0 aliphatic heterocycles. The molecule has 0 aliphatic rings. The van der Waals surface area contributed by atoms with E-state index >= 15 is 0 Å². The zero-order valence-corrected chi connectivity index (χ0v) is 18.6. The van der Waals surface area contributed by atoms with E-state index < -0.39 is 47.9 Å². The van der Waals surface area contributed by atoms with Gasteiger partial charge in [0.25, 0.3) is 21.2 Å². The lowest BCUT2D eigenvalue weighted by atomic mass is 10.5. The predicted molar refractivity (Wildman–Crippen MR) is 88.9 cm³/mol. The fourth-order valence-corrected chi connectivity index (χ4v) is 5.51. The van der Waals surface area contributed by atoms with E-state index in [4.69, 9.17) is 0 Å². The fourth-order valence-electron chi connectivity index (χ4n) is 2.15. The van der Waals surface area contributed by atoms with E-state index in [0.717, 1.165) is 13.7 Å². The van der Waals surface area contributed by atoms with Gasteiger partial charge in [-0.2, -0.15) is 0 Å². The Hall–Kier alpha value is -0.960. The Labute approximate surface area is 168 Å². The SMILES string of the molecule is Cn1c(=O)c2c(nc(Br)n2CCOP(=O)([O-])OP(=O)([O-])OP(=O)([O-])[O-])n(C)c1=O. The van der Waals surface area contributed by atoms with Crippen LogP contribution in [-0.2, 0) is 47.5 Å². The molecule has 0 bridgehead atoms. The Morgan fingerprint density at radius 1 is 1.00 bits per heavy atom. The van der Waals surface area contributed by atoms with Crippen LogP contribution in [0.15, 0.2) is 14.3 Å². The normalized spacial score (nSPS) is 16.7. The Kier molecular flexibility index (Phi) is 6.95. The Morgan fingerprint density at radius 2 is 1.59 bits per heavy atom. The van der Waals surface area contributed by atoms with Gasteiger partial charge in [0.05, 0.1) is 14.4 Å². The molecule has 0 fully saturated rings. The molecule has 16 nitrogen and oxygen atoms in total. The highest BCUT2D eigenvalue weighted by Crippen LogP contribution is 2.60. The Balaban J connectivity index is 2.22. The maximum Gasteiger partial charge on any atom is 0.332 e. The molecule has 0 N–H and O–H groups in total. The van der Waals surface area contributed by atoms with Crippen molar-refractivity contribution in [3.8, 4) is 0 Å². The molecule has 2 rings (SSSR count). The molecular weight excluding hydrogens is 529 g/mol. The standard InChI is InChI=1S/C9H14BrN4O12P3/c1-12-6-5(7(15)13(2)9(12)16)14(8(10)11-6)3-4-24-28(20,21)26-29(22,23)25-27(17,18)19/h3-4H2,1-2H3,(H,20,21)(H,22,23)(H2,17,18,19)/p-4. The number of aromatic nitrogens is 4. The molecule has 20 heteroatoms. The fraction of sp³-hybridized carbons (Fsp3) is 0.444. The molecular formula is C9H10BrN4O12P3-4. The number of nitrogens with zero attached hydrogens (tertiary/aromatic N) is 4. The first-order chi connectivity index (χ1) is 13.0. The summed E-state index contributed by atoms with van der Waals surface area (Å²) in [6.45, 7) is -1.20. The van der Waals surface area contributed by atoms with Gasteiger partial charge >= 0.3 is 5.69 Å². The number of rotatable bonds is 8. The van der Waals surface area contributed by atoms with Gasteiger partial charge in [0.2, 0.25) is 0 Å². The summed E-state index contributed by atoms with van der Waals surface area (Å²) in [4.78, 5) is 71.4. The van der Waals surface area contributed by atoms with E-state index in [1.54, 1.807) is 0 Å². The highest BCUT2D eigenvalue weighted by Gasteiger charge is 2.22. The second kappa shape index (κ2) is 8.29. The molecule has 2 heterocycles. The number of hydrogen-bond donors (Lipinski definition) is 0. The van der Waals surface area contributed by atoms with E-state index in [9.17, 15) is 42.9 Å². The maximum atomic E-state index is 12.3. The molecule has 2 aromatic heterocycles. The summed E-state index contributed by atoms with van der Waals surface area (Å²) in [5.41, 5.74) is -1.52. The lowest BCUT2D eigenvalue weighted by molar-refractivity contribution is -0.339. The van der Waals surface area contributed by atoms with Crippen molar-refractivity contribution in [1.29, 1.82) is 0 Å². The smallest absolute Gasteiger partial charge is 0.332 e. The van der Waals surface area contributed by atoms with Crippen LogP contribution in [0.3, 0.4) is 0 Å². The van der Waals surface area contributed by atoms with Gasteiger partial charge in [-0.1, -0.05) is 0 Å². The molecule has 2 aromatic rings. The van der Waals surface area contributed by atoms with Crippen LogP contribution in [0.2, 0.25) is 0 Å². The van der Waals surface area contributed by atoms with Crippen LogP contribution < -0.4 is 30.8 Å². The van der Waals surface area contributed by atoms with Crippen molar-refractivity contribution in [3.05, 3.63) is 25.6 Å². The van der Waals surface area contributed by atoms with Crippen LogP contribution in [0.4, 0.5) is 0 Å². The number of halogens is 1. The summed E-state index contributed by atoms with van der Waals surface area (Å²) in [6, 6.07) is 0. The monoisotopic (exact) mass is 538 g/mol. The van der Waals surface area contributed by atoms with Crippen molar-refractivity contribution in [1.82, 2.24) is 18.7 Å². The zero-order valence-electron chi connectivity index (χ0n) is 14.3. The zero-order chi connectivity index (χ0) is 22.4. The van der Waals surface area contributed by atoms with Gasteiger partial charge in [-0.3, -0.25) is 27.4 Å². The first-order valence-electron chi connectivity index (χ1n) is 7.08. The van der Waals surface area contributed by atoms with E-state index in [-0.39, 0.29) is 15.9 Å². The average molecular weight is 539 g/mol. The van der Waals surface area contributed by atoms with Gasteiger partial charge < -0.3 is 33.2 Å². The largest absolute Gasteiger partial charge is 0.790 e. The number of hydrogen-bond acceptors (Lipinski definition) is 13. The second-order valence-corrected chi connectivity index (χ2v) is 10.2. The van der Waals surface area contributed by atoms with E-state index in [0.29, 0.717) is 0 Å². The van der Waals surface area contributed by atoms with Crippen molar-refractivity contribution in [2.45, 2.75) is 6.54 Å². The summed E-state index contributed by atoms with van der Waals surface area (Å²) in [5.74, 6) is 0. The molecule has 0 aromatic carbocycles. The summed E-state index contributed by atoms with van der Waals surface area (Å²) in [6.07, 6.45) is 0. The third-order valence-electron chi connectivity index (χ3n) is 3.27. The maximum absolute atomic E-state index is 12.3. The first-order valence-corrected chi connectivity index (χ1v) is 12.3. The Bertz CT molecular complexity index is 1210. The van der Waals surface area contributed by atoms with Gasteiger partial charge in [0.15, 0.2) is 15.9 Å². The number of aryl methyl sites for hydroxylation is 1. The van der Waals surface area contributed by atoms with E-state index in [1.807, 2.05) is 0 Å². The quantitative estimate of drug-likeness (QED) is 0.241. The van der Waals surface area contributed by atoms with Gasteiger partial charge in [0, 0.05) is 20.6 Å². The molecule has 2 unspecified atom stereocenters. The van der Waals surface area contributed by atoms with Crippen LogP contribution in [0, 0.1) is 0 Å². The topological polar surface area (TPSA) is 233 Å². The van der Waals surface area contributed by atoms with Crippen LogP contribution in [-0.4, -0.2) is 25.3 Å². The number of phosphoric ester groups is 1. The molecule has 0 saturated carbocycles. The highest BCUT2D eigenvalue weighted by molar-refractivity contribution is 9.10. The first kappa shape index (κ1) is 24.3. The summed E-state index contributed by atoms with van der Waals surface area (Å²) >= 11 is 3.03. The number of phosphoric acid groups is 3. The van der Waals surface area contributed by atoms with Crippen LogP contribution in [0.1, 0.15) is 0 Å². The van der Waals surface area contributed by atoms with Crippen molar-refractivity contribution in [2.75, 3.05) is 6.61 Å². The van der Waals surface area contributed by atoms with E-state index in [1.165, 1.54) is 14.1 Å². The summed E-state index contributed by atoms with van der Waals surface area (Å²) < 4.78 is 46.6.